The van der Waals surface area contributed by atoms with Gasteiger partial charge in [0.1, 0.15) is 0 Å². The molecule has 0 nitrogen and oxygen atoms in total. The summed E-state index contributed by atoms with van der Waals surface area (Å²) < 4.78 is 0. The summed E-state index contributed by atoms with van der Waals surface area (Å²) in [6.07, 6.45) is 0. The first-order valence-corrected chi connectivity index (χ1v) is 5.92. The molecule has 0 atom stereocenters. The standard InChI is InChI=1S/C14H21Cl/c1-9(2)11-8-13(15)10(3)7-12(11)14(4,5)6/h7-9H,1-6H3. The lowest BCUT2D eigenvalue weighted by molar-refractivity contribution is 0.576. The Morgan fingerprint density at radius 2 is 1.67 bits per heavy atom. The number of halogens is 1. The Hall–Kier alpha value is -0.490. The van der Waals surface area contributed by atoms with Gasteiger partial charge in [0.2, 0.25) is 0 Å². The number of aryl methyl sites for hydroxylation is 1. The summed E-state index contributed by atoms with van der Waals surface area (Å²) in [6, 6.07) is 4.36. The van der Waals surface area contributed by atoms with Crippen molar-refractivity contribution in [2.75, 3.05) is 0 Å². The van der Waals surface area contributed by atoms with Crippen molar-refractivity contribution in [2.24, 2.45) is 0 Å². The zero-order chi connectivity index (χ0) is 11.8. The van der Waals surface area contributed by atoms with Crippen molar-refractivity contribution < 1.29 is 0 Å². The van der Waals surface area contributed by atoms with Crippen molar-refractivity contribution in [1.29, 1.82) is 0 Å². The molecule has 0 saturated heterocycles. The van der Waals surface area contributed by atoms with Crippen molar-refractivity contribution in [1.82, 2.24) is 0 Å². The van der Waals surface area contributed by atoms with Crippen LogP contribution in [0.3, 0.4) is 0 Å². The highest BCUT2D eigenvalue weighted by atomic mass is 35.5. The number of rotatable bonds is 1. The minimum absolute atomic E-state index is 0.189. The van der Waals surface area contributed by atoms with E-state index in [-0.39, 0.29) is 5.41 Å². The van der Waals surface area contributed by atoms with Crippen molar-refractivity contribution in [3.8, 4) is 0 Å². The predicted octanol–water partition coefficient (Wildman–Crippen LogP) is 5.07. The third kappa shape index (κ3) is 2.75. The fourth-order valence-electron chi connectivity index (χ4n) is 1.82. The van der Waals surface area contributed by atoms with Crippen LogP contribution in [0.4, 0.5) is 0 Å². The van der Waals surface area contributed by atoms with E-state index < -0.39 is 0 Å². The number of hydrogen-bond donors (Lipinski definition) is 0. The quantitative estimate of drug-likeness (QED) is 0.625. The topological polar surface area (TPSA) is 0 Å². The Morgan fingerprint density at radius 3 is 2.07 bits per heavy atom. The van der Waals surface area contributed by atoms with Crippen LogP contribution in [0, 0.1) is 6.92 Å². The summed E-state index contributed by atoms with van der Waals surface area (Å²) in [5, 5.41) is 0.881. The van der Waals surface area contributed by atoms with Crippen LogP contribution in [0.15, 0.2) is 12.1 Å². The summed E-state index contributed by atoms with van der Waals surface area (Å²) in [4.78, 5) is 0. The highest BCUT2D eigenvalue weighted by molar-refractivity contribution is 6.31. The van der Waals surface area contributed by atoms with Crippen LogP contribution in [0.5, 0.6) is 0 Å². The Labute approximate surface area is 98.7 Å². The lowest BCUT2D eigenvalue weighted by atomic mass is 9.80. The Balaban J connectivity index is 3.42. The maximum Gasteiger partial charge on any atom is 0.0438 e. The van der Waals surface area contributed by atoms with Crippen LogP contribution >= 0.6 is 11.6 Å². The summed E-state index contributed by atoms with van der Waals surface area (Å²) in [7, 11) is 0. The summed E-state index contributed by atoms with van der Waals surface area (Å²) >= 11 is 6.18. The largest absolute Gasteiger partial charge is 0.0840 e. The first kappa shape index (κ1) is 12.6. The van der Waals surface area contributed by atoms with E-state index in [4.69, 9.17) is 11.6 Å². The molecule has 0 bridgehead atoms. The van der Waals surface area contributed by atoms with Gasteiger partial charge in [-0.15, -0.1) is 0 Å². The molecule has 0 aromatic heterocycles. The molecule has 0 aliphatic rings. The van der Waals surface area contributed by atoms with Crippen LogP contribution in [-0.2, 0) is 5.41 Å². The number of benzene rings is 1. The molecular formula is C14H21Cl. The lowest BCUT2D eigenvalue weighted by Gasteiger charge is -2.26. The van der Waals surface area contributed by atoms with E-state index >= 15 is 0 Å². The predicted molar refractivity (Wildman–Crippen MR) is 69.0 cm³/mol. The zero-order valence-electron chi connectivity index (χ0n) is 10.6. The van der Waals surface area contributed by atoms with Gasteiger partial charge in [-0.25, -0.2) is 0 Å². The van der Waals surface area contributed by atoms with Gasteiger partial charge in [0.25, 0.3) is 0 Å². The van der Waals surface area contributed by atoms with E-state index in [0.717, 1.165) is 5.02 Å². The molecule has 0 aliphatic carbocycles. The minimum Gasteiger partial charge on any atom is -0.0840 e. The molecule has 1 heteroatoms. The van der Waals surface area contributed by atoms with Crippen LogP contribution in [-0.4, -0.2) is 0 Å². The van der Waals surface area contributed by atoms with Gasteiger partial charge in [-0.2, -0.15) is 0 Å². The normalized spacial score (nSPS) is 12.3. The monoisotopic (exact) mass is 224 g/mol. The second-order valence-corrected chi connectivity index (χ2v) is 6.00. The fourth-order valence-corrected chi connectivity index (χ4v) is 2.00. The molecule has 1 aromatic rings. The molecule has 0 aliphatic heterocycles. The van der Waals surface area contributed by atoms with E-state index in [1.54, 1.807) is 0 Å². The van der Waals surface area contributed by atoms with Crippen LogP contribution in [0.1, 0.15) is 57.2 Å². The SMILES string of the molecule is Cc1cc(C(C)(C)C)c(C(C)C)cc1Cl. The van der Waals surface area contributed by atoms with Gasteiger partial charge >= 0.3 is 0 Å². The molecule has 0 fully saturated rings. The maximum atomic E-state index is 6.18. The summed E-state index contributed by atoms with van der Waals surface area (Å²) in [5.74, 6) is 0.525. The molecule has 0 heterocycles. The number of hydrogen-bond acceptors (Lipinski definition) is 0. The van der Waals surface area contributed by atoms with Gasteiger partial charge in [-0.3, -0.25) is 0 Å². The fraction of sp³-hybridized carbons (Fsp3) is 0.571. The molecule has 0 amide bonds. The highest BCUT2D eigenvalue weighted by Gasteiger charge is 2.20. The Kier molecular flexibility index (Phi) is 3.50. The smallest absolute Gasteiger partial charge is 0.0438 e. The third-order valence-corrected chi connectivity index (χ3v) is 3.17. The van der Waals surface area contributed by atoms with Gasteiger partial charge in [-0.05, 0) is 41.0 Å². The van der Waals surface area contributed by atoms with Crippen LogP contribution in [0.25, 0.3) is 0 Å². The van der Waals surface area contributed by atoms with Crippen LogP contribution < -0.4 is 0 Å². The molecule has 0 saturated carbocycles. The van der Waals surface area contributed by atoms with Crippen LogP contribution in [0.2, 0.25) is 5.02 Å². The molecule has 0 unspecified atom stereocenters. The summed E-state index contributed by atoms with van der Waals surface area (Å²) in [6.45, 7) is 13.3. The van der Waals surface area contributed by atoms with Gasteiger partial charge < -0.3 is 0 Å². The third-order valence-electron chi connectivity index (χ3n) is 2.76. The molecule has 1 aromatic carbocycles. The molecule has 15 heavy (non-hydrogen) atoms. The van der Waals surface area contributed by atoms with E-state index in [2.05, 4.69) is 53.7 Å². The van der Waals surface area contributed by atoms with Crippen molar-refractivity contribution >= 4 is 11.6 Å². The Bertz CT molecular complexity index is 356. The average Bonchev–Trinajstić information content (AvgIpc) is 2.06. The second-order valence-electron chi connectivity index (χ2n) is 5.59. The molecule has 0 spiro atoms. The van der Waals surface area contributed by atoms with Gasteiger partial charge in [0.05, 0.1) is 0 Å². The second kappa shape index (κ2) is 4.17. The maximum absolute atomic E-state index is 6.18. The summed E-state index contributed by atoms with van der Waals surface area (Å²) in [5.41, 5.74) is 4.15. The van der Waals surface area contributed by atoms with Gasteiger partial charge in [-0.1, -0.05) is 52.3 Å². The molecule has 1 rings (SSSR count). The van der Waals surface area contributed by atoms with Gasteiger partial charge in [0.15, 0.2) is 0 Å². The van der Waals surface area contributed by atoms with E-state index in [9.17, 15) is 0 Å². The van der Waals surface area contributed by atoms with E-state index in [1.807, 2.05) is 0 Å². The minimum atomic E-state index is 0.189. The van der Waals surface area contributed by atoms with E-state index in [0.29, 0.717) is 5.92 Å². The van der Waals surface area contributed by atoms with Crippen molar-refractivity contribution in [2.45, 2.75) is 52.9 Å². The van der Waals surface area contributed by atoms with Crippen molar-refractivity contribution in [3.63, 3.8) is 0 Å². The molecular weight excluding hydrogens is 204 g/mol. The van der Waals surface area contributed by atoms with Gasteiger partial charge in [0, 0.05) is 5.02 Å². The van der Waals surface area contributed by atoms with Crippen molar-refractivity contribution in [3.05, 3.63) is 33.8 Å². The first-order chi connectivity index (χ1) is 6.73. The lowest BCUT2D eigenvalue weighted by Crippen LogP contribution is -2.15. The highest BCUT2D eigenvalue weighted by Crippen LogP contribution is 2.34. The average molecular weight is 225 g/mol. The van der Waals surface area contributed by atoms with E-state index in [1.165, 1.54) is 16.7 Å². The molecule has 84 valence electrons. The molecule has 0 radical (unpaired) electrons. The zero-order valence-corrected chi connectivity index (χ0v) is 11.4. The Morgan fingerprint density at radius 1 is 1.13 bits per heavy atom. The first-order valence-electron chi connectivity index (χ1n) is 5.54. The molecule has 0 N–H and O–H groups in total.